The fourth-order valence-electron chi connectivity index (χ4n) is 4.04. The van der Waals surface area contributed by atoms with Crippen molar-refractivity contribution < 1.29 is 40.1 Å². The third-order valence-corrected chi connectivity index (χ3v) is 5.22. The molecule has 1 saturated carbocycles. The first kappa shape index (κ1) is 22.5. The molecule has 6 N–H and O–H groups in total. The zero-order valence-corrected chi connectivity index (χ0v) is 16.2. The molecule has 0 aromatic heterocycles. The molecule has 0 radical (unpaired) electrons. The third kappa shape index (κ3) is 4.98. The van der Waals surface area contributed by atoms with Crippen LogP contribution in [0.5, 0.6) is 0 Å². The lowest BCUT2D eigenvalue weighted by atomic mass is 9.65. The van der Waals surface area contributed by atoms with Gasteiger partial charge in [0.25, 0.3) is 0 Å². The largest absolute Gasteiger partial charge is 0.394 e. The summed E-state index contributed by atoms with van der Waals surface area (Å²) in [5, 5.41) is 59.6. The Morgan fingerprint density at radius 3 is 2.33 bits per heavy atom. The Bertz CT molecular complexity index is 556. The molecule has 156 valence electrons. The lowest BCUT2D eigenvalue weighted by molar-refractivity contribution is -0.316. The average Bonchev–Trinajstić information content (AvgIpc) is 2.52. The molecule has 1 saturated heterocycles. The Morgan fingerprint density at radius 1 is 1.19 bits per heavy atom. The number of hydrogen-bond donors (Lipinski definition) is 6. The lowest BCUT2D eigenvalue weighted by Gasteiger charge is -2.47. The van der Waals surface area contributed by atoms with E-state index in [1.165, 1.54) is 6.08 Å². The topological polar surface area (TPSA) is 140 Å². The summed E-state index contributed by atoms with van der Waals surface area (Å²) in [4.78, 5) is 0. The summed E-state index contributed by atoms with van der Waals surface area (Å²) in [6.45, 7) is 6.54. The van der Waals surface area contributed by atoms with E-state index in [4.69, 9.17) is 9.47 Å². The van der Waals surface area contributed by atoms with Crippen LogP contribution in [0.15, 0.2) is 17.4 Å². The Balaban J connectivity index is 2.19. The summed E-state index contributed by atoms with van der Waals surface area (Å²) in [6, 6.07) is 0. The molecule has 0 aromatic rings. The van der Waals surface area contributed by atoms with E-state index < -0.39 is 60.5 Å². The number of rotatable bonds is 4. The van der Waals surface area contributed by atoms with Crippen LogP contribution < -0.4 is 0 Å². The summed E-state index contributed by atoms with van der Waals surface area (Å²) in [6.07, 6.45) is -5.76. The van der Waals surface area contributed by atoms with Gasteiger partial charge in [0.05, 0.1) is 24.4 Å². The van der Waals surface area contributed by atoms with Gasteiger partial charge in [-0.25, -0.2) is 0 Å². The van der Waals surface area contributed by atoms with Gasteiger partial charge in [0, 0.05) is 12.0 Å². The van der Waals surface area contributed by atoms with Gasteiger partial charge in [-0.15, -0.1) is 5.73 Å². The van der Waals surface area contributed by atoms with Crippen molar-refractivity contribution in [2.75, 3.05) is 6.61 Å². The molecule has 2 fully saturated rings. The first-order valence-electron chi connectivity index (χ1n) is 9.23. The normalized spacial score (nSPS) is 43.1. The minimum Gasteiger partial charge on any atom is -0.394 e. The van der Waals surface area contributed by atoms with Crippen molar-refractivity contribution in [2.45, 2.75) is 89.1 Å². The van der Waals surface area contributed by atoms with E-state index in [0.717, 1.165) is 0 Å². The molecule has 1 heterocycles. The van der Waals surface area contributed by atoms with Crippen molar-refractivity contribution in [1.29, 1.82) is 0 Å². The lowest BCUT2D eigenvalue weighted by Crippen LogP contribution is -2.60. The van der Waals surface area contributed by atoms with Crippen molar-refractivity contribution in [1.82, 2.24) is 0 Å². The molecule has 27 heavy (non-hydrogen) atoms. The quantitative estimate of drug-likeness (QED) is 0.344. The zero-order valence-electron chi connectivity index (χ0n) is 16.2. The van der Waals surface area contributed by atoms with Gasteiger partial charge in [-0.2, -0.15) is 0 Å². The van der Waals surface area contributed by atoms with Crippen molar-refractivity contribution in [3.63, 3.8) is 0 Å². The Labute approximate surface area is 159 Å². The van der Waals surface area contributed by atoms with Crippen LogP contribution in [0.1, 0.15) is 40.5 Å². The van der Waals surface area contributed by atoms with Gasteiger partial charge in [-0.3, -0.25) is 0 Å². The maximum atomic E-state index is 10.9. The maximum Gasteiger partial charge on any atom is 0.186 e. The van der Waals surface area contributed by atoms with Crippen LogP contribution in [0.2, 0.25) is 0 Å². The van der Waals surface area contributed by atoms with Crippen LogP contribution in [-0.2, 0) is 9.47 Å². The van der Waals surface area contributed by atoms with Gasteiger partial charge in [0.1, 0.15) is 24.4 Å². The second-order valence-electron chi connectivity index (χ2n) is 8.45. The molecule has 8 heteroatoms. The van der Waals surface area contributed by atoms with E-state index in [0.29, 0.717) is 12.0 Å². The molecule has 2 unspecified atom stereocenters. The van der Waals surface area contributed by atoms with E-state index in [1.54, 1.807) is 13.8 Å². The molecule has 1 aliphatic carbocycles. The predicted molar refractivity (Wildman–Crippen MR) is 95.6 cm³/mol. The van der Waals surface area contributed by atoms with Gasteiger partial charge in [-0.1, -0.05) is 13.8 Å². The number of aliphatic hydroxyl groups is 6. The van der Waals surface area contributed by atoms with Gasteiger partial charge >= 0.3 is 0 Å². The number of aliphatic hydroxyl groups excluding tert-OH is 5. The van der Waals surface area contributed by atoms with Crippen molar-refractivity contribution in [2.24, 2.45) is 5.41 Å². The molecular weight excluding hydrogens is 356 g/mol. The highest BCUT2D eigenvalue weighted by Crippen LogP contribution is 2.46. The second kappa shape index (κ2) is 8.29. The molecular formula is C19H32O8. The highest BCUT2D eigenvalue weighted by molar-refractivity contribution is 5.26. The monoisotopic (exact) mass is 388 g/mol. The van der Waals surface area contributed by atoms with Crippen molar-refractivity contribution >= 4 is 0 Å². The molecule has 8 nitrogen and oxygen atoms in total. The van der Waals surface area contributed by atoms with E-state index >= 15 is 0 Å². The first-order valence-corrected chi connectivity index (χ1v) is 9.23. The van der Waals surface area contributed by atoms with E-state index in [9.17, 15) is 30.6 Å². The smallest absolute Gasteiger partial charge is 0.186 e. The fraction of sp³-hybridized carbons (Fsp3) is 0.842. The molecule has 2 rings (SSSR count). The molecule has 0 aromatic carbocycles. The van der Waals surface area contributed by atoms with Crippen LogP contribution in [0, 0.1) is 5.41 Å². The molecule has 2 aliphatic rings. The highest BCUT2D eigenvalue weighted by Gasteiger charge is 2.49. The molecule has 8 atom stereocenters. The van der Waals surface area contributed by atoms with E-state index in [1.807, 2.05) is 13.8 Å². The molecule has 0 bridgehead atoms. The molecule has 1 aliphatic heterocycles. The highest BCUT2D eigenvalue weighted by atomic mass is 16.7. The third-order valence-electron chi connectivity index (χ3n) is 5.22. The van der Waals surface area contributed by atoms with Gasteiger partial charge in [-0.05, 0) is 31.8 Å². The predicted octanol–water partition coefficient (Wildman–Crippen LogP) is -0.795. The second-order valence-corrected chi connectivity index (χ2v) is 8.45. The van der Waals surface area contributed by atoms with Gasteiger partial charge < -0.3 is 40.1 Å². The fourth-order valence-corrected chi connectivity index (χ4v) is 4.04. The standard InChI is InChI=1S/C19H32O8/c1-10(21)5-6-13-18(2,3)7-11(8-19(13,4)25)26-17-16(24)15(23)14(22)12(9-20)27-17/h5,10-12,14-17,20-25H,7-9H2,1-4H3/t6?,10?,11-,12-,14-,15+,16-,17-,19?/m1/s1. The Kier molecular flexibility index (Phi) is 6.90. The van der Waals surface area contributed by atoms with E-state index in [2.05, 4.69) is 5.73 Å². The summed E-state index contributed by atoms with van der Waals surface area (Å²) in [5.74, 6) is 0. The molecule has 0 amide bonds. The van der Waals surface area contributed by atoms with Crippen molar-refractivity contribution in [3.8, 4) is 0 Å². The van der Waals surface area contributed by atoms with Crippen LogP contribution in [0.4, 0.5) is 0 Å². The van der Waals surface area contributed by atoms with Crippen molar-refractivity contribution in [3.05, 3.63) is 17.4 Å². The van der Waals surface area contributed by atoms with Crippen LogP contribution >= 0.6 is 0 Å². The maximum absolute atomic E-state index is 10.9. The Hall–Kier alpha value is -0.800. The summed E-state index contributed by atoms with van der Waals surface area (Å²) < 4.78 is 11.2. The first-order chi connectivity index (χ1) is 12.4. The zero-order chi connectivity index (χ0) is 20.6. The Morgan fingerprint density at radius 2 is 1.81 bits per heavy atom. The summed E-state index contributed by atoms with van der Waals surface area (Å²) in [5.41, 5.74) is 1.89. The summed E-state index contributed by atoms with van der Waals surface area (Å²) >= 11 is 0. The minimum absolute atomic E-state index is 0.196. The minimum atomic E-state index is -1.51. The van der Waals surface area contributed by atoms with Crippen LogP contribution in [0.3, 0.4) is 0 Å². The number of hydrogen-bond acceptors (Lipinski definition) is 8. The van der Waals surface area contributed by atoms with E-state index in [-0.39, 0.29) is 6.42 Å². The average molecular weight is 388 g/mol. The number of ether oxygens (including phenoxy) is 2. The molecule has 0 spiro atoms. The van der Waals surface area contributed by atoms with Crippen LogP contribution in [0.25, 0.3) is 0 Å². The van der Waals surface area contributed by atoms with Gasteiger partial charge in [0.2, 0.25) is 0 Å². The van der Waals surface area contributed by atoms with Crippen LogP contribution in [-0.4, -0.2) is 85.8 Å². The SMILES string of the molecule is CC(O)C=C=C1C(C)(C)C[C@@H](O[C@@H]2O[C@H](CO)[C@@H](O)[C@H](O)[C@H]2O)CC1(C)O. The van der Waals surface area contributed by atoms with Gasteiger partial charge in [0.15, 0.2) is 6.29 Å². The summed E-state index contributed by atoms with van der Waals surface area (Å²) in [7, 11) is 0.